The summed E-state index contributed by atoms with van der Waals surface area (Å²) in [5, 5.41) is 3.49. The number of fused-ring (bicyclic) bond motifs is 1. The standard InChI is InChI=1S/C22H22N2O/c1-2-6-17(7-3-1)19-12-13-24-20(14-19)15-23-16-21-11-10-18-8-4-5-9-22(18)25-21/h1-9,12-14,21,23H,10-11,15-16H2. The fraction of sp³-hybridized carbons (Fsp3) is 0.227. The fourth-order valence-electron chi connectivity index (χ4n) is 3.27. The first kappa shape index (κ1) is 15.9. The molecular weight excluding hydrogens is 308 g/mol. The second-order valence-corrected chi connectivity index (χ2v) is 6.42. The zero-order valence-corrected chi connectivity index (χ0v) is 14.2. The molecule has 0 aliphatic carbocycles. The van der Waals surface area contributed by atoms with Gasteiger partial charge in [-0.25, -0.2) is 0 Å². The van der Waals surface area contributed by atoms with E-state index in [1.54, 1.807) is 0 Å². The number of aromatic nitrogens is 1. The van der Waals surface area contributed by atoms with Crippen molar-refractivity contribution < 1.29 is 4.74 Å². The molecule has 1 N–H and O–H groups in total. The summed E-state index contributed by atoms with van der Waals surface area (Å²) in [7, 11) is 0. The van der Waals surface area contributed by atoms with Gasteiger partial charge in [-0.15, -0.1) is 0 Å². The first-order valence-corrected chi connectivity index (χ1v) is 8.84. The van der Waals surface area contributed by atoms with Gasteiger partial charge in [-0.3, -0.25) is 4.98 Å². The first-order valence-electron chi connectivity index (χ1n) is 8.84. The van der Waals surface area contributed by atoms with Crippen molar-refractivity contribution in [1.82, 2.24) is 10.3 Å². The highest BCUT2D eigenvalue weighted by molar-refractivity contribution is 5.63. The van der Waals surface area contributed by atoms with Gasteiger partial charge in [-0.2, -0.15) is 0 Å². The van der Waals surface area contributed by atoms with E-state index in [9.17, 15) is 0 Å². The van der Waals surface area contributed by atoms with Crippen molar-refractivity contribution in [1.29, 1.82) is 0 Å². The Bertz CT molecular complexity index is 832. The highest BCUT2D eigenvalue weighted by Gasteiger charge is 2.18. The van der Waals surface area contributed by atoms with E-state index in [-0.39, 0.29) is 6.10 Å². The molecule has 1 aromatic heterocycles. The molecule has 0 radical (unpaired) electrons. The predicted molar refractivity (Wildman–Crippen MR) is 101 cm³/mol. The Morgan fingerprint density at radius 1 is 0.960 bits per heavy atom. The average Bonchev–Trinajstić information content (AvgIpc) is 2.69. The Balaban J connectivity index is 1.34. The van der Waals surface area contributed by atoms with Crippen LogP contribution in [0.2, 0.25) is 0 Å². The maximum atomic E-state index is 6.08. The molecule has 1 aliphatic rings. The summed E-state index contributed by atoms with van der Waals surface area (Å²) in [5.41, 5.74) is 4.79. The summed E-state index contributed by atoms with van der Waals surface area (Å²) in [6.45, 7) is 1.59. The van der Waals surface area contributed by atoms with Gasteiger partial charge in [-0.05, 0) is 47.7 Å². The molecule has 2 heterocycles. The van der Waals surface area contributed by atoms with Crippen molar-refractivity contribution in [3.63, 3.8) is 0 Å². The molecule has 2 aromatic carbocycles. The van der Waals surface area contributed by atoms with Crippen molar-refractivity contribution in [2.75, 3.05) is 6.54 Å². The lowest BCUT2D eigenvalue weighted by molar-refractivity contribution is 0.170. The van der Waals surface area contributed by atoms with Crippen molar-refractivity contribution >= 4 is 0 Å². The van der Waals surface area contributed by atoms with E-state index in [1.807, 2.05) is 18.3 Å². The minimum Gasteiger partial charge on any atom is -0.489 e. The number of hydrogen-bond acceptors (Lipinski definition) is 3. The third kappa shape index (κ3) is 3.89. The maximum absolute atomic E-state index is 6.08. The van der Waals surface area contributed by atoms with E-state index in [0.717, 1.165) is 37.4 Å². The summed E-state index contributed by atoms with van der Waals surface area (Å²) in [4.78, 5) is 4.48. The van der Waals surface area contributed by atoms with Crippen LogP contribution in [0, 0.1) is 0 Å². The van der Waals surface area contributed by atoms with Gasteiger partial charge in [0, 0.05) is 19.3 Å². The van der Waals surface area contributed by atoms with Gasteiger partial charge in [0.15, 0.2) is 0 Å². The Labute approximate surface area is 148 Å². The molecule has 0 fully saturated rings. The number of benzene rings is 2. The minimum absolute atomic E-state index is 0.229. The van der Waals surface area contributed by atoms with Crippen LogP contribution in [0.3, 0.4) is 0 Å². The Morgan fingerprint density at radius 2 is 1.80 bits per heavy atom. The van der Waals surface area contributed by atoms with Crippen LogP contribution in [0.15, 0.2) is 72.9 Å². The van der Waals surface area contributed by atoms with Crippen LogP contribution in [0.1, 0.15) is 17.7 Å². The van der Waals surface area contributed by atoms with Crippen LogP contribution in [0.4, 0.5) is 0 Å². The Morgan fingerprint density at radius 3 is 2.72 bits per heavy atom. The molecule has 0 bridgehead atoms. The topological polar surface area (TPSA) is 34.2 Å². The zero-order valence-electron chi connectivity index (χ0n) is 14.2. The van der Waals surface area contributed by atoms with Gasteiger partial charge in [0.1, 0.15) is 11.9 Å². The van der Waals surface area contributed by atoms with Crippen LogP contribution in [-0.2, 0) is 13.0 Å². The average molecular weight is 330 g/mol. The molecule has 4 rings (SSSR count). The summed E-state index contributed by atoms with van der Waals surface area (Å²) in [6, 6.07) is 22.9. The summed E-state index contributed by atoms with van der Waals surface area (Å²) >= 11 is 0. The second kappa shape index (κ2) is 7.49. The Hall–Kier alpha value is -2.65. The van der Waals surface area contributed by atoms with Crippen LogP contribution in [-0.4, -0.2) is 17.6 Å². The smallest absolute Gasteiger partial charge is 0.122 e. The molecule has 0 saturated heterocycles. The van der Waals surface area contributed by atoms with E-state index in [0.29, 0.717) is 0 Å². The highest BCUT2D eigenvalue weighted by atomic mass is 16.5. The lowest BCUT2D eigenvalue weighted by Crippen LogP contribution is -2.34. The number of para-hydroxylation sites is 1. The van der Waals surface area contributed by atoms with E-state index in [4.69, 9.17) is 4.74 Å². The number of pyridine rings is 1. The molecule has 0 saturated carbocycles. The molecule has 1 atom stereocenters. The molecule has 3 nitrogen and oxygen atoms in total. The summed E-state index contributed by atoms with van der Waals surface area (Å²) in [5.74, 6) is 1.03. The van der Waals surface area contributed by atoms with Crippen LogP contribution >= 0.6 is 0 Å². The van der Waals surface area contributed by atoms with E-state index in [1.165, 1.54) is 16.7 Å². The molecular formula is C22H22N2O. The van der Waals surface area contributed by atoms with Gasteiger partial charge in [0.2, 0.25) is 0 Å². The molecule has 3 heteroatoms. The molecule has 25 heavy (non-hydrogen) atoms. The second-order valence-electron chi connectivity index (χ2n) is 6.42. The molecule has 3 aromatic rings. The van der Waals surface area contributed by atoms with Crippen LogP contribution < -0.4 is 10.1 Å². The number of ether oxygens (including phenoxy) is 1. The zero-order chi connectivity index (χ0) is 16.9. The number of nitrogens with one attached hydrogen (secondary N) is 1. The van der Waals surface area contributed by atoms with E-state index in [2.05, 4.69) is 64.9 Å². The molecule has 1 aliphatic heterocycles. The number of aryl methyl sites for hydroxylation is 1. The van der Waals surface area contributed by atoms with Gasteiger partial charge >= 0.3 is 0 Å². The van der Waals surface area contributed by atoms with Gasteiger partial charge in [0.05, 0.1) is 5.69 Å². The number of hydrogen-bond donors (Lipinski definition) is 1. The minimum atomic E-state index is 0.229. The van der Waals surface area contributed by atoms with Gasteiger partial charge in [0.25, 0.3) is 0 Å². The Kier molecular flexibility index (Phi) is 4.75. The summed E-state index contributed by atoms with van der Waals surface area (Å²) in [6.07, 6.45) is 4.26. The van der Waals surface area contributed by atoms with Gasteiger partial charge < -0.3 is 10.1 Å². The first-order chi connectivity index (χ1) is 12.4. The fourth-order valence-corrected chi connectivity index (χ4v) is 3.27. The SMILES string of the molecule is c1ccc(-c2ccnc(CNCC3CCc4ccccc4O3)c2)cc1. The molecule has 1 unspecified atom stereocenters. The van der Waals surface area contributed by atoms with Crippen molar-refractivity contribution in [3.8, 4) is 16.9 Å². The highest BCUT2D eigenvalue weighted by Crippen LogP contribution is 2.26. The third-order valence-corrected chi connectivity index (χ3v) is 4.60. The van der Waals surface area contributed by atoms with Crippen molar-refractivity contribution in [3.05, 3.63) is 84.2 Å². The lowest BCUT2D eigenvalue weighted by atomic mass is 10.0. The third-order valence-electron chi connectivity index (χ3n) is 4.60. The van der Waals surface area contributed by atoms with Crippen molar-refractivity contribution in [2.24, 2.45) is 0 Å². The van der Waals surface area contributed by atoms with Crippen LogP contribution in [0.5, 0.6) is 5.75 Å². The molecule has 0 amide bonds. The van der Waals surface area contributed by atoms with Crippen molar-refractivity contribution in [2.45, 2.75) is 25.5 Å². The molecule has 126 valence electrons. The monoisotopic (exact) mass is 330 g/mol. The normalized spacial score (nSPS) is 16.1. The number of nitrogens with zero attached hydrogens (tertiary/aromatic N) is 1. The predicted octanol–water partition coefficient (Wildman–Crippen LogP) is 4.23. The largest absolute Gasteiger partial charge is 0.489 e. The maximum Gasteiger partial charge on any atom is 0.122 e. The van der Waals surface area contributed by atoms with E-state index >= 15 is 0 Å². The van der Waals surface area contributed by atoms with Gasteiger partial charge in [-0.1, -0.05) is 48.5 Å². The quantitative estimate of drug-likeness (QED) is 0.760. The number of rotatable bonds is 5. The van der Waals surface area contributed by atoms with E-state index < -0.39 is 0 Å². The summed E-state index contributed by atoms with van der Waals surface area (Å²) < 4.78 is 6.08. The lowest BCUT2D eigenvalue weighted by Gasteiger charge is -2.26. The molecule has 0 spiro atoms. The van der Waals surface area contributed by atoms with Crippen LogP contribution in [0.25, 0.3) is 11.1 Å².